The van der Waals surface area contributed by atoms with Crippen LogP contribution in [0.3, 0.4) is 0 Å². The zero-order valence-electron chi connectivity index (χ0n) is 15.6. The van der Waals surface area contributed by atoms with Gasteiger partial charge in [0.2, 0.25) is 5.91 Å². The van der Waals surface area contributed by atoms with E-state index in [1.54, 1.807) is 48.1 Å². The summed E-state index contributed by atoms with van der Waals surface area (Å²) in [5.74, 6) is 4.73. The Labute approximate surface area is 166 Å². The fourth-order valence-corrected chi connectivity index (χ4v) is 3.34. The summed E-state index contributed by atoms with van der Waals surface area (Å²) in [6, 6.07) is 8.71. The van der Waals surface area contributed by atoms with E-state index < -0.39 is 11.4 Å². The molecule has 0 saturated carbocycles. The molecule has 4 rings (SSSR count). The lowest BCUT2D eigenvalue weighted by Gasteiger charge is -2.15. The molecule has 0 bridgehead atoms. The lowest BCUT2D eigenvalue weighted by Crippen LogP contribution is -2.33. The molecule has 1 atom stereocenters. The van der Waals surface area contributed by atoms with Crippen LogP contribution in [0.2, 0.25) is 0 Å². The molecular formula is C21H18N4O4. The van der Waals surface area contributed by atoms with E-state index in [1.165, 1.54) is 0 Å². The minimum atomic E-state index is -1.13. The Morgan fingerprint density at radius 2 is 2.17 bits per heavy atom. The van der Waals surface area contributed by atoms with E-state index in [4.69, 9.17) is 0 Å². The topological polar surface area (TPSA) is 117 Å². The second-order valence-corrected chi connectivity index (χ2v) is 6.94. The van der Waals surface area contributed by atoms with E-state index in [2.05, 4.69) is 27.1 Å². The highest BCUT2D eigenvalue weighted by atomic mass is 16.4. The summed E-state index contributed by atoms with van der Waals surface area (Å²) in [5.41, 5.74) is 0.582. The summed E-state index contributed by atoms with van der Waals surface area (Å²) in [4.78, 5) is 32.4. The maximum absolute atomic E-state index is 12.0. The van der Waals surface area contributed by atoms with Crippen LogP contribution in [-0.4, -0.2) is 49.8 Å². The standard InChI is InChI=1S/C21H18N4O4/c1-25-10-6-15-16(19(27)28)23-17(24-18(15)25)14-4-2-3-13(11-14)5-7-21(12-26)8-9-22-20(21)29/h2-4,6,10-11,26H,8-9,12H2,1H3,(H,22,29)(H,27,28)/t21-/m0/s1. The average Bonchev–Trinajstić information content (AvgIpc) is 3.29. The Balaban J connectivity index is 1.77. The van der Waals surface area contributed by atoms with Crippen molar-refractivity contribution in [2.45, 2.75) is 6.42 Å². The highest BCUT2D eigenvalue weighted by Crippen LogP contribution is 2.26. The number of aryl methyl sites for hydroxylation is 1. The van der Waals surface area contributed by atoms with E-state index in [0.29, 0.717) is 35.1 Å². The maximum atomic E-state index is 12.0. The molecule has 8 heteroatoms. The summed E-state index contributed by atoms with van der Waals surface area (Å²) < 4.78 is 1.74. The van der Waals surface area contributed by atoms with Gasteiger partial charge in [-0.05, 0) is 24.6 Å². The molecule has 1 amide bonds. The number of carboxylic acid groups (broad SMARTS) is 1. The molecule has 1 aromatic carbocycles. The van der Waals surface area contributed by atoms with Gasteiger partial charge in [-0.2, -0.15) is 0 Å². The Hall–Kier alpha value is -3.70. The average molecular weight is 390 g/mol. The number of fused-ring (bicyclic) bond motifs is 1. The highest BCUT2D eigenvalue weighted by molar-refractivity contribution is 6.00. The Morgan fingerprint density at radius 3 is 2.86 bits per heavy atom. The zero-order valence-corrected chi connectivity index (χ0v) is 15.6. The van der Waals surface area contributed by atoms with Crippen LogP contribution in [0.5, 0.6) is 0 Å². The van der Waals surface area contributed by atoms with Crippen molar-refractivity contribution in [1.82, 2.24) is 19.9 Å². The fourth-order valence-electron chi connectivity index (χ4n) is 3.34. The van der Waals surface area contributed by atoms with Crippen LogP contribution < -0.4 is 5.32 Å². The van der Waals surface area contributed by atoms with Crippen molar-refractivity contribution in [1.29, 1.82) is 0 Å². The molecule has 1 aliphatic heterocycles. The van der Waals surface area contributed by atoms with Crippen molar-refractivity contribution in [2.75, 3.05) is 13.2 Å². The summed E-state index contributed by atoms with van der Waals surface area (Å²) in [6.45, 7) is 0.136. The van der Waals surface area contributed by atoms with Gasteiger partial charge in [0.25, 0.3) is 0 Å². The highest BCUT2D eigenvalue weighted by Gasteiger charge is 2.40. The number of aliphatic hydroxyl groups excluding tert-OH is 1. The normalized spacial score (nSPS) is 18.3. The number of carbonyl (C=O) groups is 2. The van der Waals surface area contributed by atoms with Gasteiger partial charge >= 0.3 is 5.97 Å². The van der Waals surface area contributed by atoms with Gasteiger partial charge < -0.3 is 20.1 Å². The Morgan fingerprint density at radius 1 is 1.34 bits per heavy atom. The first-order valence-electron chi connectivity index (χ1n) is 9.03. The molecule has 0 radical (unpaired) electrons. The molecule has 2 aromatic heterocycles. The van der Waals surface area contributed by atoms with Gasteiger partial charge in [0, 0.05) is 30.9 Å². The zero-order chi connectivity index (χ0) is 20.6. The van der Waals surface area contributed by atoms with Crippen LogP contribution in [0.1, 0.15) is 22.5 Å². The third kappa shape index (κ3) is 3.22. The van der Waals surface area contributed by atoms with Crippen molar-refractivity contribution in [3.8, 4) is 23.2 Å². The van der Waals surface area contributed by atoms with Crippen LogP contribution >= 0.6 is 0 Å². The number of rotatable bonds is 3. The van der Waals surface area contributed by atoms with Crippen molar-refractivity contribution >= 4 is 22.9 Å². The molecule has 146 valence electrons. The minimum Gasteiger partial charge on any atom is -0.476 e. The molecule has 3 heterocycles. The van der Waals surface area contributed by atoms with Gasteiger partial charge in [-0.1, -0.05) is 24.0 Å². The largest absolute Gasteiger partial charge is 0.476 e. The number of benzene rings is 1. The van der Waals surface area contributed by atoms with Crippen LogP contribution in [0.4, 0.5) is 0 Å². The van der Waals surface area contributed by atoms with Crippen LogP contribution in [0.25, 0.3) is 22.4 Å². The SMILES string of the molecule is Cn1ccc2c(C(=O)O)nc(-c3cccc(C#C[C@@]4(CO)CCNC4=O)c3)nc21. The molecule has 1 fully saturated rings. The lowest BCUT2D eigenvalue weighted by molar-refractivity contribution is -0.126. The van der Waals surface area contributed by atoms with E-state index in [1.807, 2.05) is 0 Å². The van der Waals surface area contributed by atoms with Crippen LogP contribution in [-0.2, 0) is 11.8 Å². The van der Waals surface area contributed by atoms with Gasteiger partial charge in [0.15, 0.2) is 11.5 Å². The summed E-state index contributed by atoms with van der Waals surface area (Å²) in [6.07, 6.45) is 2.18. The van der Waals surface area contributed by atoms with E-state index in [0.717, 1.165) is 0 Å². The van der Waals surface area contributed by atoms with E-state index in [-0.39, 0.29) is 24.0 Å². The van der Waals surface area contributed by atoms with Crippen LogP contribution in [0.15, 0.2) is 36.5 Å². The van der Waals surface area contributed by atoms with Gasteiger partial charge in [-0.25, -0.2) is 14.8 Å². The number of aliphatic hydroxyl groups is 1. The summed E-state index contributed by atoms with van der Waals surface area (Å²) >= 11 is 0. The first-order valence-corrected chi connectivity index (χ1v) is 9.03. The van der Waals surface area contributed by atoms with E-state index >= 15 is 0 Å². The number of nitrogens with one attached hydrogen (secondary N) is 1. The lowest BCUT2D eigenvalue weighted by atomic mass is 9.88. The minimum absolute atomic E-state index is 0.0658. The van der Waals surface area contributed by atoms with Gasteiger partial charge in [0.1, 0.15) is 11.1 Å². The third-order valence-corrected chi connectivity index (χ3v) is 5.04. The van der Waals surface area contributed by atoms with E-state index in [9.17, 15) is 19.8 Å². The first-order chi connectivity index (χ1) is 13.9. The first kappa shape index (κ1) is 18.7. The molecule has 3 aromatic rings. The molecule has 0 spiro atoms. The molecule has 3 N–H and O–H groups in total. The predicted octanol–water partition coefficient (Wildman–Crippen LogP) is 1.18. The van der Waals surface area contributed by atoms with Crippen molar-refractivity contribution < 1.29 is 19.8 Å². The van der Waals surface area contributed by atoms with Crippen molar-refractivity contribution in [3.05, 3.63) is 47.8 Å². The number of amides is 1. The number of nitrogens with zero attached hydrogens (tertiary/aromatic N) is 3. The third-order valence-electron chi connectivity index (χ3n) is 5.04. The van der Waals surface area contributed by atoms with Gasteiger partial charge in [0.05, 0.1) is 12.0 Å². The van der Waals surface area contributed by atoms with Gasteiger partial charge in [-0.15, -0.1) is 0 Å². The molecule has 8 nitrogen and oxygen atoms in total. The monoisotopic (exact) mass is 390 g/mol. The molecular weight excluding hydrogens is 372 g/mol. The predicted molar refractivity (Wildman–Crippen MR) is 105 cm³/mol. The summed E-state index contributed by atoms with van der Waals surface area (Å²) in [5, 5.41) is 22.3. The van der Waals surface area contributed by atoms with Crippen molar-refractivity contribution in [3.63, 3.8) is 0 Å². The summed E-state index contributed by atoms with van der Waals surface area (Å²) in [7, 11) is 1.79. The quantitative estimate of drug-likeness (QED) is 0.578. The molecule has 29 heavy (non-hydrogen) atoms. The van der Waals surface area contributed by atoms with Crippen molar-refractivity contribution in [2.24, 2.45) is 12.5 Å². The molecule has 0 unspecified atom stereocenters. The number of hydrogen-bond acceptors (Lipinski definition) is 5. The number of hydrogen-bond donors (Lipinski definition) is 3. The smallest absolute Gasteiger partial charge is 0.355 e. The molecule has 0 aliphatic carbocycles. The molecule has 1 aliphatic rings. The number of carboxylic acids is 1. The fraction of sp³-hybridized carbons (Fsp3) is 0.238. The Bertz CT molecular complexity index is 1200. The van der Waals surface area contributed by atoms with Crippen LogP contribution in [0, 0.1) is 17.3 Å². The Kier molecular flexibility index (Phi) is 4.53. The number of carbonyl (C=O) groups excluding carboxylic acids is 1. The molecule has 1 saturated heterocycles. The van der Waals surface area contributed by atoms with Gasteiger partial charge in [-0.3, -0.25) is 4.79 Å². The second-order valence-electron chi connectivity index (χ2n) is 6.94. The number of aromatic carboxylic acids is 1. The second kappa shape index (κ2) is 7.04. The number of aromatic nitrogens is 3. The maximum Gasteiger partial charge on any atom is 0.355 e.